The number of aromatic nitrogens is 5. The van der Waals surface area contributed by atoms with Crippen molar-refractivity contribution in [3.05, 3.63) is 76.9 Å². The summed E-state index contributed by atoms with van der Waals surface area (Å²) in [5.74, 6) is -2.58. The molecule has 0 saturated heterocycles. The lowest BCUT2D eigenvalue weighted by atomic mass is 9.96. The van der Waals surface area contributed by atoms with Crippen LogP contribution in [0.1, 0.15) is 11.1 Å². The molecule has 2 aromatic heterocycles. The smallest absolute Gasteiger partial charge is 0.299 e. The van der Waals surface area contributed by atoms with E-state index in [9.17, 15) is 0 Å². The lowest BCUT2D eigenvalue weighted by molar-refractivity contribution is 0.0425. The molecule has 0 fully saturated rings. The highest BCUT2D eigenvalue weighted by atomic mass is 35.5. The third-order valence-corrected chi connectivity index (χ3v) is 4.63. The van der Waals surface area contributed by atoms with E-state index in [1.807, 2.05) is 0 Å². The Hall–Kier alpha value is -3.39. The third-order valence-electron chi connectivity index (χ3n) is 4.40. The van der Waals surface area contributed by atoms with E-state index in [0.717, 1.165) is 6.20 Å². The Morgan fingerprint density at radius 3 is 2.52 bits per heavy atom. The van der Waals surface area contributed by atoms with Crippen LogP contribution in [0.15, 0.2) is 60.8 Å². The van der Waals surface area contributed by atoms with Gasteiger partial charge in [-0.15, -0.1) is 10.2 Å². The van der Waals surface area contributed by atoms with Gasteiger partial charge in [0.15, 0.2) is 0 Å². The first kappa shape index (κ1) is 18.9. The Balaban J connectivity index is 1.74. The summed E-state index contributed by atoms with van der Waals surface area (Å²) in [4.78, 5) is 4.03. The molecular formula is C20H14ClF2N5O. The van der Waals surface area contributed by atoms with Gasteiger partial charge in [0.2, 0.25) is 5.82 Å². The van der Waals surface area contributed by atoms with Crippen molar-refractivity contribution in [1.29, 1.82) is 0 Å². The fourth-order valence-corrected chi connectivity index (χ4v) is 3.12. The minimum Gasteiger partial charge on any atom is -0.496 e. The van der Waals surface area contributed by atoms with Crippen LogP contribution in [0.4, 0.5) is 8.78 Å². The second kappa shape index (κ2) is 7.56. The summed E-state index contributed by atoms with van der Waals surface area (Å²) in [5, 5.41) is 13.8. The van der Waals surface area contributed by atoms with Crippen LogP contribution in [-0.4, -0.2) is 32.7 Å². The number of pyridine rings is 1. The highest BCUT2D eigenvalue weighted by molar-refractivity contribution is 6.30. The third kappa shape index (κ3) is 3.66. The van der Waals surface area contributed by atoms with Crippen LogP contribution in [0, 0.1) is 0 Å². The average molecular weight is 414 g/mol. The molecule has 29 heavy (non-hydrogen) atoms. The van der Waals surface area contributed by atoms with E-state index in [2.05, 4.69) is 25.6 Å². The molecule has 0 spiro atoms. The fourth-order valence-electron chi connectivity index (χ4n) is 2.93. The molecule has 0 aliphatic heterocycles. The maximum atomic E-state index is 15.2. The van der Waals surface area contributed by atoms with Gasteiger partial charge in [-0.05, 0) is 53.2 Å². The predicted octanol–water partition coefficient (Wildman–Crippen LogP) is 4.73. The van der Waals surface area contributed by atoms with Crippen molar-refractivity contribution in [2.75, 3.05) is 7.11 Å². The molecule has 6 nitrogen and oxygen atoms in total. The summed E-state index contributed by atoms with van der Waals surface area (Å²) < 4.78 is 35.8. The van der Waals surface area contributed by atoms with Gasteiger partial charge in [-0.3, -0.25) is 4.98 Å². The SMILES string of the molecule is COc1ccc(C(F)(F)c2ccc(-c3nn[nH]n3)nc2)cc1-c1cccc(Cl)c1. The molecule has 0 bridgehead atoms. The van der Waals surface area contributed by atoms with Gasteiger partial charge >= 0.3 is 0 Å². The van der Waals surface area contributed by atoms with Gasteiger partial charge in [0, 0.05) is 27.9 Å². The topological polar surface area (TPSA) is 76.6 Å². The molecule has 2 heterocycles. The van der Waals surface area contributed by atoms with Crippen LogP contribution in [0.25, 0.3) is 22.6 Å². The van der Waals surface area contributed by atoms with Gasteiger partial charge in [0.1, 0.15) is 11.4 Å². The number of tetrazole rings is 1. The van der Waals surface area contributed by atoms with E-state index >= 15 is 8.78 Å². The summed E-state index contributed by atoms with van der Waals surface area (Å²) in [5.41, 5.74) is 1.09. The first-order valence-corrected chi connectivity index (χ1v) is 8.89. The van der Waals surface area contributed by atoms with Crippen LogP contribution in [0.3, 0.4) is 0 Å². The number of alkyl halides is 2. The van der Waals surface area contributed by atoms with Crippen molar-refractivity contribution >= 4 is 11.6 Å². The normalized spacial score (nSPS) is 11.4. The summed E-state index contributed by atoms with van der Waals surface area (Å²) >= 11 is 6.06. The summed E-state index contributed by atoms with van der Waals surface area (Å²) in [7, 11) is 1.49. The number of aromatic amines is 1. The van der Waals surface area contributed by atoms with E-state index in [1.165, 1.54) is 37.4 Å². The quantitative estimate of drug-likeness (QED) is 0.511. The number of nitrogens with zero attached hydrogens (tertiary/aromatic N) is 4. The Kier molecular flexibility index (Phi) is 4.94. The van der Waals surface area contributed by atoms with Crippen molar-refractivity contribution in [1.82, 2.24) is 25.6 Å². The van der Waals surface area contributed by atoms with E-state index in [-0.39, 0.29) is 17.0 Å². The molecule has 4 rings (SSSR count). The molecule has 0 unspecified atom stereocenters. The van der Waals surface area contributed by atoms with Gasteiger partial charge < -0.3 is 4.74 Å². The summed E-state index contributed by atoms with van der Waals surface area (Å²) in [6.45, 7) is 0. The highest BCUT2D eigenvalue weighted by Crippen LogP contribution is 2.40. The van der Waals surface area contributed by atoms with Crippen molar-refractivity contribution < 1.29 is 13.5 Å². The monoisotopic (exact) mass is 413 g/mol. The number of H-pyrrole nitrogens is 1. The zero-order valence-electron chi connectivity index (χ0n) is 15.1. The number of benzene rings is 2. The van der Waals surface area contributed by atoms with Gasteiger partial charge in [-0.25, -0.2) is 0 Å². The minimum absolute atomic E-state index is 0.192. The van der Waals surface area contributed by atoms with Gasteiger partial charge in [0.05, 0.1) is 7.11 Å². The zero-order chi connectivity index (χ0) is 20.4. The van der Waals surface area contributed by atoms with Crippen molar-refractivity contribution in [2.45, 2.75) is 5.92 Å². The number of nitrogens with one attached hydrogen (secondary N) is 1. The van der Waals surface area contributed by atoms with E-state index in [4.69, 9.17) is 16.3 Å². The Morgan fingerprint density at radius 2 is 1.86 bits per heavy atom. The predicted molar refractivity (Wildman–Crippen MR) is 104 cm³/mol. The first-order valence-electron chi connectivity index (χ1n) is 8.51. The van der Waals surface area contributed by atoms with Gasteiger partial charge in [-0.2, -0.15) is 14.0 Å². The number of hydrogen-bond donors (Lipinski definition) is 1. The van der Waals surface area contributed by atoms with Crippen molar-refractivity contribution in [3.8, 4) is 28.4 Å². The molecule has 146 valence electrons. The van der Waals surface area contributed by atoms with Gasteiger partial charge in [-0.1, -0.05) is 23.7 Å². The second-order valence-corrected chi connectivity index (χ2v) is 6.60. The van der Waals surface area contributed by atoms with E-state index in [1.54, 1.807) is 24.3 Å². The van der Waals surface area contributed by atoms with Crippen molar-refractivity contribution in [3.63, 3.8) is 0 Å². The molecule has 1 N–H and O–H groups in total. The summed E-state index contributed by atoms with van der Waals surface area (Å²) in [6.07, 6.45) is 1.11. The molecule has 0 aliphatic carbocycles. The lowest BCUT2D eigenvalue weighted by Gasteiger charge is -2.19. The van der Waals surface area contributed by atoms with E-state index < -0.39 is 5.92 Å². The number of methoxy groups -OCH3 is 1. The van der Waals surface area contributed by atoms with E-state index in [0.29, 0.717) is 27.6 Å². The first-order chi connectivity index (χ1) is 14.0. The average Bonchev–Trinajstić information content (AvgIpc) is 3.28. The fraction of sp³-hybridized carbons (Fsp3) is 0.100. The maximum Gasteiger partial charge on any atom is 0.299 e. The molecule has 0 radical (unpaired) electrons. The molecular weight excluding hydrogens is 400 g/mol. The Morgan fingerprint density at radius 1 is 1.03 bits per heavy atom. The summed E-state index contributed by atoms with van der Waals surface area (Å²) in [6, 6.07) is 13.9. The van der Waals surface area contributed by atoms with Crippen LogP contribution < -0.4 is 4.74 Å². The standard InChI is InChI=1S/C20H14ClF2N5O/c1-29-18-8-6-13(10-16(18)12-3-2-4-15(21)9-12)20(22,23)14-5-7-17(24-11-14)19-25-27-28-26-19/h2-11H,1H3,(H,25,26,27,28). The molecule has 0 atom stereocenters. The van der Waals surface area contributed by atoms with Crippen LogP contribution in [-0.2, 0) is 5.92 Å². The molecule has 2 aromatic carbocycles. The minimum atomic E-state index is -3.28. The molecule has 0 amide bonds. The number of hydrogen-bond acceptors (Lipinski definition) is 5. The lowest BCUT2D eigenvalue weighted by Crippen LogP contribution is -2.16. The zero-order valence-corrected chi connectivity index (χ0v) is 15.9. The van der Waals surface area contributed by atoms with Gasteiger partial charge in [0.25, 0.3) is 5.92 Å². The number of rotatable bonds is 5. The van der Waals surface area contributed by atoms with Crippen molar-refractivity contribution in [2.24, 2.45) is 0 Å². The second-order valence-electron chi connectivity index (χ2n) is 6.17. The Bertz CT molecular complexity index is 1130. The highest BCUT2D eigenvalue weighted by Gasteiger charge is 2.35. The molecule has 0 saturated carbocycles. The number of halogens is 3. The van der Waals surface area contributed by atoms with Crippen LogP contribution in [0.2, 0.25) is 5.02 Å². The number of ether oxygens (including phenoxy) is 1. The molecule has 0 aliphatic rings. The molecule has 4 aromatic rings. The largest absolute Gasteiger partial charge is 0.496 e. The van der Waals surface area contributed by atoms with Crippen LogP contribution >= 0.6 is 11.6 Å². The Labute approximate surface area is 169 Å². The van der Waals surface area contributed by atoms with Crippen LogP contribution in [0.5, 0.6) is 5.75 Å². The maximum absolute atomic E-state index is 15.2. The molecule has 9 heteroatoms.